The molecule has 0 aliphatic rings. The number of amidine groups is 2. The molecular weight excluding hydrogens is 326 g/mol. The first kappa shape index (κ1) is 17.1. The predicted octanol–water partition coefficient (Wildman–Crippen LogP) is 3.78. The summed E-state index contributed by atoms with van der Waals surface area (Å²) in [6.07, 6.45) is 0. The second kappa shape index (κ2) is 7.44. The molecule has 0 saturated carbocycles. The standard InChI is InChI=1S/C21H17N3O2/c22-19(24-20(23)17-7-4-8-18(13-17)21(25)26)16-11-9-15(10-12-16)14-5-2-1-3-6-14/h1-13H,(H,25,26)(H3,22,23,24). The fraction of sp³-hybridized carbons (Fsp3) is 0. The summed E-state index contributed by atoms with van der Waals surface area (Å²) in [6, 6.07) is 23.6. The number of nitrogens with two attached hydrogens (primary N) is 1. The molecule has 128 valence electrons. The van der Waals surface area contributed by atoms with E-state index in [4.69, 9.17) is 16.2 Å². The summed E-state index contributed by atoms with van der Waals surface area (Å²) < 4.78 is 0. The molecule has 0 aromatic heterocycles. The van der Waals surface area contributed by atoms with E-state index in [1.807, 2.05) is 54.6 Å². The minimum absolute atomic E-state index is 0.0165. The second-order valence-electron chi connectivity index (χ2n) is 5.67. The van der Waals surface area contributed by atoms with Crippen LogP contribution in [0, 0.1) is 5.41 Å². The van der Waals surface area contributed by atoms with Gasteiger partial charge in [0.25, 0.3) is 0 Å². The highest BCUT2D eigenvalue weighted by Gasteiger charge is 2.07. The zero-order chi connectivity index (χ0) is 18.5. The van der Waals surface area contributed by atoms with Crippen molar-refractivity contribution in [3.63, 3.8) is 0 Å². The van der Waals surface area contributed by atoms with Crippen molar-refractivity contribution in [2.24, 2.45) is 10.7 Å². The Morgan fingerprint density at radius 1 is 0.808 bits per heavy atom. The first-order valence-corrected chi connectivity index (χ1v) is 7.97. The molecule has 0 atom stereocenters. The quantitative estimate of drug-likeness (QED) is 0.496. The van der Waals surface area contributed by atoms with Gasteiger partial charge in [-0.05, 0) is 23.3 Å². The topological polar surface area (TPSA) is 99.5 Å². The number of carboxylic acids is 1. The van der Waals surface area contributed by atoms with Gasteiger partial charge in [-0.1, -0.05) is 66.7 Å². The van der Waals surface area contributed by atoms with Crippen molar-refractivity contribution >= 4 is 17.6 Å². The van der Waals surface area contributed by atoms with Gasteiger partial charge in [-0.15, -0.1) is 0 Å². The zero-order valence-electron chi connectivity index (χ0n) is 13.9. The number of hydrogen-bond acceptors (Lipinski definition) is 2. The Hall–Kier alpha value is -3.73. The normalized spacial score (nSPS) is 11.2. The lowest BCUT2D eigenvalue weighted by Gasteiger charge is -2.05. The molecule has 0 saturated heterocycles. The van der Waals surface area contributed by atoms with Crippen molar-refractivity contribution in [3.05, 3.63) is 95.6 Å². The molecule has 0 radical (unpaired) electrons. The van der Waals surface area contributed by atoms with Gasteiger partial charge in [0.2, 0.25) is 0 Å². The van der Waals surface area contributed by atoms with Crippen LogP contribution in [0.4, 0.5) is 0 Å². The number of rotatable bonds is 4. The Bertz CT molecular complexity index is 978. The Morgan fingerprint density at radius 2 is 1.42 bits per heavy atom. The van der Waals surface area contributed by atoms with E-state index >= 15 is 0 Å². The Labute approximate surface area is 151 Å². The molecular formula is C21H17N3O2. The third-order valence-electron chi connectivity index (χ3n) is 3.90. The van der Waals surface area contributed by atoms with Crippen molar-refractivity contribution < 1.29 is 9.90 Å². The van der Waals surface area contributed by atoms with Crippen molar-refractivity contribution in [3.8, 4) is 11.1 Å². The second-order valence-corrected chi connectivity index (χ2v) is 5.67. The van der Waals surface area contributed by atoms with E-state index < -0.39 is 5.97 Å². The van der Waals surface area contributed by atoms with Crippen molar-refractivity contribution in [2.75, 3.05) is 0 Å². The number of nitrogens with zero attached hydrogens (tertiary/aromatic N) is 1. The van der Waals surface area contributed by atoms with Crippen LogP contribution < -0.4 is 5.73 Å². The molecule has 4 N–H and O–H groups in total. The molecule has 3 rings (SSSR count). The number of benzene rings is 3. The first-order valence-electron chi connectivity index (χ1n) is 7.97. The van der Waals surface area contributed by atoms with E-state index in [0.29, 0.717) is 11.1 Å². The highest BCUT2D eigenvalue weighted by molar-refractivity contribution is 6.10. The average molecular weight is 343 g/mol. The van der Waals surface area contributed by atoms with E-state index in [-0.39, 0.29) is 17.2 Å². The highest BCUT2D eigenvalue weighted by atomic mass is 16.4. The minimum Gasteiger partial charge on any atom is -0.478 e. The summed E-state index contributed by atoms with van der Waals surface area (Å²) in [6.45, 7) is 0. The lowest BCUT2D eigenvalue weighted by atomic mass is 10.0. The number of aromatic carboxylic acids is 1. The first-order chi connectivity index (χ1) is 12.5. The largest absolute Gasteiger partial charge is 0.478 e. The van der Waals surface area contributed by atoms with E-state index in [9.17, 15) is 4.79 Å². The fourth-order valence-electron chi connectivity index (χ4n) is 2.51. The molecule has 3 aromatic rings. The average Bonchev–Trinajstić information content (AvgIpc) is 2.68. The molecule has 5 heteroatoms. The van der Waals surface area contributed by atoms with Gasteiger partial charge in [0, 0.05) is 11.1 Å². The van der Waals surface area contributed by atoms with Crippen molar-refractivity contribution in [2.45, 2.75) is 0 Å². The van der Waals surface area contributed by atoms with Crippen LogP contribution in [0.3, 0.4) is 0 Å². The summed E-state index contributed by atoms with van der Waals surface area (Å²) in [5.74, 6) is -0.917. The highest BCUT2D eigenvalue weighted by Crippen LogP contribution is 2.19. The van der Waals surface area contributed by atoms with Gasteiger partial charge < -0.3 is 10.8 Å². The van der Waals surface area contributed by atoms with Gasteiger partial charge in [0.05, 0.1) is 5.56 Å². The Morgan fingerprint density at radius 3 is 2.08 bits per heavy atom. The van der Waals surface area contributed by atoms with Crippen LogP contribution in [0.5, 0.6) is 0 Å². The Balaban J connectivity index is 1.82. The maximum atomic E-state index is 11.0. The van der Waals surface area contributed by atoms with Gasteiger partial charge in [-0.25, -0.2) is 9.79 Å². The Kier molecular flexibility index (Phi) is 4.90. The molecule has 0 aliphatic heterocycles. The molecule has 3 aromatic carbocycles. The molecule has 0 aliphatic carbocycles. The van der Waals surface area contributed by atoms with Crippen molar-refractivity contribution in [1.29, 1.82) is 5.41 Å². The predicted molar refractivity (Wildman–Crippen MR) is 103 cm³/mol. The maximum Gasteiger partial charge on any atom is 0.335 e. The molecule has 0 heterocycles. The van der Waals surface area contributed by atoms with E-state index in [1.165, 1.54) is 12.1 Å². The van der Waals surface area contributed by atoms with Gasteiger partial charge in [-0.3, -0.25) is 5.41 Å². The number of hydrogen-bond donors (Lipinski definition) is 3. The van der Waals surface area contributed by atoms with E-state index in [1.54, 1.807) is 12.1 Å². The van der Waals surface area contributed by atoms with Crippen LogP contribution in [0.25, 0.3) is 11.1 Å². The van der Waals surface area contributed by atoms with Crippen LogP contribution in [0.15, 0.2) is 83.9 Å². The van der Waals surface area contributed by atoms with Crippen LogP contribution in [-0.2, 0) is 0 Å². The van der Waals surface area contributed by atoms with Crippen LogP contribution >= 0.6 is 0 Å². The van der Waals surface area contributed by atoms with E-state index in [2.05, 4.69) is 4.99 Å². The summed E-state index contributed by atoms with van der Waals surface area (Å²) in [4.78, 5) is 15.2. The number of aliphatic imine (C=N–C) groups is 1. The third kappa shape index (κ3) is 3.84. The molecule has 26 heavy (non-hydrogen) atoms. The van der Waals surface area contributed by atoms with Gasteiger partial charge in [0.1, 0.15) is 5.84 Å². The fourth-order valence-corrected chi connectivity index (χ4v) is 2.51. The molecule has 0 unspecified atom stereocenters. The summed E-state index contributed by atoms with van der Waals surface area (Å²) in [7, 11) is 0. The van der Waals surface area contributed by atoms with Gasteiger partial charge in [0.15, 0.2) is 5.84 Å². The molecule has 0 spiro atoms. The third-order valence-corrected chi connectivity index (χ3v) is 3.90. The number of nitrogens with one attached hydrogen (secondary N) is 1. The molecule has 0 fully saturated rings. The summed E-state index contributed by atoms with van der Waals surface area (Å²) >= 11 is 0. The molecule has 0 bridgehead atoms. The van der Waals surface area contributed by atoms with Gasteiger partial charge in [-0.2, -0.15) is 0 Å². The number of carboxylic acid groups (broad SMARTS) is 1. The summed E-state index contributed by atoms with van der Waals surface area (Å²) in [5, 5.41) is 17.2. The maximum absolute atomic E-state index is 11.0. The van der Waals surface area contributed by atoms with Crippen LogP contribution in [-0.4, -0.2) is 22.7 Å². The van der Waals surface area contributed by atoms with Gasteiger partial charge >= 0.3 is 5.97 Å². The lowest BCUT2D eigenvalue weighted by Crippen LogP contribution is -2.16. The van der Waals surface area contributed by atoms with E-state index in [0.717, 1.165) is 11.1 Å². The minimum atomic E-state index is -1.04. The van der Waals surface area contributed by atoms with Crippen LogP contribution in [0.2, 0.25) is 0 Å². The smallest absolute Gasteiger partial charge is 0.335 e. The molecule has 5 nitrogen and oxygen atoms in total. The van der Waals surface area contributed by atoms with Crippen LogP contribution in [0.1, 0.15) is 21.5 Å². The number of carbonyl (C=O) groups is 1. The van der Waals surface area contributed by atoms with Crippen molar-refractivity contribution in [1.82, 2.24) is 0 Å². The lowest BCUT2D eigenvalue weighted by molar-refractivity contribution is 0.0697. The zero-order valence-corrected chi connectivity index (χ0v) is 13.9. The SMILES string of the molecule is N=C(/N=C(\N)c1cccc(C(=O)O)c1)c1ccc(-c2ccccc2)cc1. The molecule has 0 amide bonds. The monoisotopic (exact) mass is 343 g/mol. The summed E-state index contributed by atoms with van der Waals surface area (Å²) in [5.41, 5.74) is 9.30.